The first-order valence-corrected chi connectivity index (χ1v) is 11.1. The van der Waals surface area contributed by atoms with Crippen LogP contribution in [-0.4, -0.2) is 69.3 Å². The van der Waals surface area contributed by atoms with Gasteiger partial charge in [-0.1, -0.05) is 25.7 Å². The molecule has 0 aromatic heterocycles. The maximum absolute atomic E-state index is 14.1. The van der Waals surface area contributed by atoms with E-state index in [9.17, 15) is 9.18 Å². The first-order chi connectivity index (χ1) is 13.5. The van der Waals surface area contributed by atoms with Crippen molar-refractivity contribution in [3.63, 3.8) is 0 Å². The summed E-state index contributed by atoms with van der Waals surface area (Å²) in [5.41, 5.74) is 0. The topological polar surface area (TPSA) is 80.5 Å². The van der Waals surface area contributed by atoms with Crippen LogP contribution in [0.4, 0.5) is 9.18 Å². The Kier molecular flexibility index (Phi) is 8.32. The molecule has 162 valence electrons. The number of fused-ring (bicyclic) bond motifs is 1. The molecule has 0 radical (unpaired) electrons. The third kappa shape index (κ3) is 6.54. The zero-order chi connectivity index (χ0) is 19.9. The van der Waals surface area contributed by atoms with Crippen LogP contribution < -0.4 is 26.6 Å². The van der Waals surface area contributed by atoms with Crippen LogP contribution in [0.25, 0.3) is 0 Å². The lowest BCUT2D eigenvalue weighted by Crippen LogP contribution is -2.70. The van der Waals surface area contributed by atoms with E-state index in [1.165, 1.54) is 32.1 Å². The number of nitrogens with one attached hydrogen (secondary N) is 5. The van der Waals surface area contributed by atoms with E-state index < -0.39 is 18.6 Å². The molecule has 1 heterocycles. The Balaban J connectivity index is 1.37. The molecular formula is C20H39FN6O. The summed E-state index contributed by atoms with van der Waals surface area (Å²) in [6.07, 6.45) is 7.85. The van der Waals surface area contributed by atoms with Gasteiger partial charge in [0.25, 0.3) is 0 Å². The van der Waals surface area contributed by atoms with Crippen LogP contribution in [0.1, 0.15) is 51.4 Å². The fourth-order valence-electron chi connectivity index (χ4n) is 4.99. The Bertz CT molecular complexity index is 493. The Hall–Kier alpha value is -0.960. The molecule has 2 aliphatic carbocycles. The molecule has 3 aliphatic rings. The van der Waals surface area contributed by atoms with Crippen molar-refractivity contribution >= 4 is 6.03 Å². The van der Waals surface area contributed by atoms with Gasteiger partial charge in [-0.05, 0) is 64.7 Å². The van der Waals surface area contributed by atoms with E-state index in [4.69, 9.17) is 0 Å². The van der Waals surface area contributed by atoms with E-state index in [0.717, 1.165) is 44.2 Å². The molecule has 0 bridgehead atoms. The summed E-state index contributed by atoms with van der Waals surface area (Å²) < 4.78 is 14.1. The lowest BCUT2D eigenvalue weighted by Gasteiger charge is -2.40. The SMILES string of the molecule is CN(C)CCCNC1NC(NC(=O)NC2CCC3CCCCC3C2)NCC1F. The van der Waals surface area contributed by atoms with E-state index in [-0.39, 0.29) is 18.6 Å². The van der Waals surface area contributed by atoms with Crippen LogP contribution in [0.5, 0.6) is 0 Å². The molecule has 0 spiro atoms. The molecule has 1 saturated heterocycles. The molecule has 28 heavy (non-hydrogen) atoms. The minimum Gasteiger partial charge on any atom is -0.335 e. The summed E-state index contributed by atoms with van der Waals surface area (Å²) in [4.78, 5) is 14.6. The number of carbonyl (C=O) groups is 1. The molecule has 0 aromatic carbocycles. The Morgan fingerprint density at radius 2 is 1.89 bits per heavy atom. The molecule has 3 fully saturated rings. The fraction of sp³-hybridized carbons (Fsp3) is 0.950. The van der Waals surface area contributed by atoms with Gasteiger partial charge in [-0.15, -0.1) is 0 Å². The third-order valence-electron chi connectivity index (χ3n) is 6.52. The van der Waals surface area contributed by atoms with Crippen molar-refractivity contribution in [2.75, 3.05) is 33.7 Å². The zero-order valence-corrected chi connectivity index (χ0v) is 17.5. The lowest BCUT2D eigenvalue weighted by molar-refractivity contribution is 0.125. The van der Waals surface area contributed by atoms with Crippen LogP contribution in [0, 0.1) is 11.8 Å². The number of alkyl halides is 1. The number of carbonyl (C=O) groups excluding carboxylic acids is 1. The van der Waals surface area contributed by atoms with Crippen LogP contribution in [0.15, 0.2) is 0 Å². The van der Waals surface area contributed by atoms with Crippen molar-refractivity contribution < 1.29 is 9.18 Å². The average molecular weight is 399 g/mol. The van der Waals surface area contributed by atoms with Gasteiger partial charge in [0, 0.05) is 12.6 Å². The van der Waals surface area contributed by atoms with E-state index in [2.05, 4.69) is 31.5 Å². The smallest absolute Gasteiger partial charge is 0.317 e. The predicted molar refractivity (Wildman–Crippen MR) is 110 cm³/mol. The fourth-order valence-corrected chi connectivity index (χ4v) is 4.99. The first-order valence-electron chi connectivity index (χ1n) is 11.1. The molecule has 6 unspecified atom stereocenters. The summed E-state index contributed by atoms with van der Waals surface area (Å²) in [6, 6.07) is 0.0877. The second-order valence-electron chi connectivity index (χ2n) is 9.04. The Labute approximate surface area is 168 Å². The van der Waals surface area contributed by atoms with E-state index in [1.807, 2.05) is 14.1 Å². The second-order valence-corrected chi connectivity index (χ2v) is 9.04. The lowest BCUT2D eigenvalue weighted by atomic mass is 9.69. The molecule has 3 rings (SSSR count). The maximum atomic E-state index is 14.1. The maximum Gasteiger partial charge on any atom is 0.317 e. The molecule has 6 atom stereocenters. The van der Waals surface area contributed by atoms with Crippen LogP contribution in [0.3, 0.4) is 0 Å². The van der Waals surface area contributed by atoms with Gasteiger partial charge in [0.15, 0.2) is 0 Å². The summed E-state index contributed by atoms with van der Waals surface area (Å²) >= 11 is 0. The molecule has 2 saturated carbocycles. The standard InChI is InChI=1S/C20H39FN6O/c1-27(2)11-5-10-22-18-17(21)13-23-19(25-18)26-20(28)24-16-9-8-14-6-3-4-7-15(14)12-16/h14-19,22-23,25H,3-13H2,1-2H3,(H2,24,26,28). The van der Waals surface area contributed by atoms with Gasteiger partial charge in [0.1, 0.15) is 12.5 Å². The van der Waals surface area contributed by atoms with Gasteiger partial charge in [0.2, 0.25) is 0 Å². The number of amides is 2. The molecule has 7 nitrogen and oxygen atoms in total. The van der Waals surface area contributed by atoms with Gasteiger partial charge in [0.05, 0.1) is 6.17 Å². The average Bonchev–Trinajstić information content (AvgIpc) is 2.67. The Morgan fingerprint density at radius 3 is 2.68 bits per heavy atom. The Morgan fingerprint density at radius 1 is 1.11 bits per heavy atom. The van der Waals surface area contributed by atoms with Crippen LogP contribution in [-0.2, 0) is 0 Å². The van der Waals surface area contributed by atoms with Gasteiger partial charge in [-0.25, -0.2) is 9.18 Å². The minimum atomic E-state index is -1.03. The molecule has 5 N–H and O–H groups in total. The highest BCUT2D eigenvalue weighted by Gasteiger charge is 2.34. The highest BCUT2D eigenvalue weighted by Crippen LogP contribution is 2.40. The van der Waals surface area contributed by atoms with E-state index in [0.29, 0.717) is 0 Å². The van der Waals surface area contributed by atoms with Crippen molar-refractivity contribution in [3.8, 4) is 0 Å². The molecule has 2 amide bonds. The molecule has 8 heteroatoms. The molecular weight excluding hydrogens is 359 g/mol. The predicted octanol–water partition coefficient (Wildman–Crippen LogP) is 1.33. The van der Waals surface area contributed by atoms with Gasteiger partial charge in [-0.2, -0.15) is 0 Å². The highest BCUT2D eigenvalue weighted by atomic mass is 19.1. The van der Waals surface area contributed by atoms with Crippen molar-refractivity contribution in [1.29, 1.82) is 0 Å². The number of hydrogen-bond acceptors (Lipinski definition) is 5. The number of urea groups is 1. The van der Waals surface area contributed by atoms with Gasteiger partial charge >= 0.3 is 6.03 Å². The summed E-state index contributed by atoms with van der Waals surface area (Å²) in [6.45, 7) is 1.92. The summed E-state index contributed by atoms with van der Waals surface area (Å²) in [7, 11) is 4.06. The second kappa shape index (κ2) is 10.7. The van der Waals surface area contributed by atoms with E-state index in [1.54, 1.807) is 0 Å². The van der Waals surface area contributed by atoms with Gasteiger partial charge in [-0.3, -0.25) is 16.0 Å². The monoisotopic (exact) mass is 398 g/mol. The summed E-state index contributed by atoms with van der Waals surface area (Å²) in [5.74, 6) is 1.65. The van der Waals surface area contributed by atoms with E-state index >= 15 is 0 Å². The highest BCUT2D eigenvalue weighted by molar-refractivity contribution is 5.74. The van der Waals surface area contributed by atoms with Crippen molar-refractivity contribution in [3.05, 3.63) is 0 Å². The normalized spacial score (nSPS) is 36.0. The van der Waals surface area contributed by atoms with Crippen molar-refractivity contribution in [2.45, 2.75) is 76.0 Å². The number of nitrogens with zero attached hydrogens (tertiary/aromatic N) is 1. The summed E-state index contributed by atoms with van der Waals surface area (Å²) in [5, 5.41) is 15.4. The molecule has 1 aliphatic heterocycles. The van der Waals surface area contributed by atoms with Crippen molar-refractivity contribution in [2.24, 2.45) is 11.8 Å². The minimum absolute atomic E-state index is 0.173. The van der Waals surface area contributed by atoms with Crippen LogP contribution in [0.2, 0.25) is 0 Å². The number of hydrogen-bond donors (Lipinski definition) is 5. The van der Waals surface area contributed by atoms with Crippen molar-refractivity contribution in [1.82, 2.24) is 31.5 Å². The zero-order valence-electron chi connectivity index (χ0n) is 17.5. The van der Waals surface area contributed by atoms with Crippen LogP contribution >= 0.6 is 0 Å². The number of halogens is 1. The number of rotatable bonds is 7. The largest absolute Gasteiger partial charge is 0.335 e. The molecule has 0 aromatic rings. The first kappa shape index (κ1) is 21.7. The van der Waals surface area contributed by atoms with Gasteiger partial charge < -0.3 is 15.5 Å². The quantitative estimate of drug-likeness (QED) is 0.418. The third-order valence-corrected chi connectivity index (χ3v) is 6.52.